The predicted molar refractivity (Wildman–Crippen MR) is 159 cm³/mol. The van der Waals surface area contributed by atoms with Crippen LogP contribution in [0, 0.1) is 11.5 Å². The number of ether oxygens (including phenoxy) is 1. The molecule has 0 saturated carbocycles. The molecule has 0 aliphatic heterocycles. The number of carbonyl (C=O) groups excluding carboxylic acids is 1. The van der Waals surface area contributed by atoms with Gasteiger partial charge in [-0.25, -0.2) is 0 Å². The Hall–Kier alpha value is -0.919. The Morgan fingerprint density at radius 3 is 1.80 bits per heavy atom. The first kappa shape index (κ1) is 34.1. The molecule has 0 amide bonds. The maximum absolute atomic E-state index is 11.8. The van der Waals surface area contributed by atoms with Gasteiger partial charge in [-0.05, 0) is 55.2 Å². The maximum atomic E-state index is 11.8. The third-order valence-electron chi connectivity index (χ3n) is 7.16. The normalized spacial score (nSPS) is 14.7. The van der Waals surface area contributed by atoms with Crippen LogP contribution in [0.1, 0.15) is 60.8 Å². The fraction of sp³-hybridized carbons (Fsp3) is 0.750. The van der Waals surface area contributed by atoms with Gasteiger partial charge in [0.25, 0.3) is 0 Å². The zero-order valence-electron chi connectivity index (χ0n) is 24.5. The van der Waals surface area contributed by atoms with Crippen LogP contribution in [-0.4, -0.2) is 50.0 Å². The Balaban J connectivity index is 6.13. The Bertz CT molecular complexity index is 691. The predicted octanol–water partition coefficient (Wildman–Crippen LogP) is 8.10. The van der Waals surface area contributed by atoms with Crippen molar-refractivity contribution in [3.8, 4) is 11.5 Å². The molecule has 0 bridgehead atoms. The summed E-state index contributed by atoms with van der Waals surface area (Å²) in [6, 6.07) is 6.55. The molecule has 0 spiro atoms. The molecule has 35 heavy (non-hydrogen) atoms. The number of carbonyl (C=O) groups is 1. The fourth-order valence-electron chi connectivity index (χ4n) is 4.22. The molecule has 7 heteroatoms. The van der Waals surface area contributed by atoms with E-state index in [1.807, 2.05) is 12.2 Å². The molecule has 0 saturated heterocycles. The van der Waals surface area contributed by atoms with Gasteiger partial charge in [0.05, 0.1) is 19.3 Å². The first-order valence-corrected chi connectivity index (χ1v) is 22.3. The van der Waals surface area contributed by atoms with Crippen molar-refractivity contribution in [2.75, 3.05) is 7.11 Å². The summed E-state index contributed by atoms with van der Waals surface area (Å²) in [5, 5.41) is 0. The molecule has 0 radical (unpaired) electrons. The van der Waals surface area contributed by atoms with Crippen LogP contribution in [0.5, 0.6) is 0 Å². The third-order valence-corrected chi connectivity index (χ3v) is 17.4. The lowest BCUT2D eigenvalue weighted by molar-refractivity contribution is -0.140. The Morgan fingerprint density at radius 2 is 1.34 bits per heavy atom. The topological polar surface area (TPSA) is 44.8 Å². The monoisotopic (exact) mass is 538 g/mol. The average molecular weight is 539 g/mol. The molecule has 0 unspecified atom stereocenters. The minimum absolute atomic E-state index is 0.0552. The first-order chi connectivity index (χ1) is 16.5. The molecule has 0 aromatic heterocycles. The summed E-state index contributed by atoms with van der Waals surface area (Å²) in [4.78, 5) is 11.8. The van der Waals surface area contributed by atoms with Crippen LogP contribution in [0.15, 0.2) is 24.3 Å². The van der Waals surface area contributed by atoms with Gasteiger partial charge in [-0.15, -0.1) is 5.54 Å². The molecule has 0 aromatic rings. The van der Waals surface area contributed by atoms with Crippen molar-refractivity contribution in [2.24, 2.45) is 0 Å². The highest BCUT2D eigenvalue weighted by molar-refractivity contribution is 6.83. The number of rotatable bonds is 17. The summed E-state index contributed by atoms with van der Waals surface area (Å²) in [6.45, 7) is 20.3. The summed E-state index contributed by atoms with van der Waals surface area (Å²) in [5.41, 5.74) is 3.38. The van der Waals surface area contributed by atoms with E-state index in [4.69, 9.17) is 13.6 Å². The van der Waals surface area contributed by atoms with Gasteiger partial charge in [0.15, 0.2) is 16.6 Å². The van der Waals surface area contributed by atoms with Crippen molar-refractivity contribution in [3.05, 3.63) is 24.3 Å². The first-order valence-electron chi connectivity index (χ1n) is 13.8. The van der Waals surface area contributed by atoms with E-state index in [0.29, 0.717) is 6.42 Å². The quantitative estimate of drug-likeness (QED) is 0.0812. The summed E-state index contributed by atoms with van der Waals surface area (Å²) in [7, 11) is -3.66. The largest absolute Gasteiger partial charge is 0.469 e. The second-order valence-electron chi connectivity index (χ2n) is 10.5. The molecule has 202 valence electrons. The Labute approximate surface area is 220 Å². The number of hydrogen-bond acceptors (Lipinski definition) is 4. The zero-order valence-corrected chi connectivity index (χ0v) is 27.5. The lowest BCUT2D eigenvalue weighted by Crippen LogP contribution is -2.48. The van der Waals surface area contributed by atoms with Crippen molar-refractivity contribution in [1.29, 1.82) is 0 Å². The summed E-state index contributed by atoms with van der Waals surface area (Å²) < 4.78 is 19.0. The number of hydrogen-bond donors (Lipinski definition) is 0. The van der Waals surface area contributed by atoms with E-state index in [9.17, 15) is 4.79 Å². The van der Waals surface area contributed by atoms with E-state index in [1.165, 1.54) is 7.11 Å². The second kappa shape index (κ2) is 17.5. The molecule has 4 nitrogen and oxygen atoms in total. The van der Waals surface area contributed by atoms with E-state index >= 15 is 0 Å². The maximum Gasteiger partial charge on any atom is 0.305 e. The number of allylic oxidation sites excluding steroid dienone is 3. The minimum atomic E-state index is -1.87. The standard InChI is InChI=1S/C28H54O4Si3/c1-11-34(12-2,13-3)31-26(22-19-17-18-20-25-33(8,9)10)27(23-21-24-28(29)30-7)32-35(14-4,15-5)16-6/h17-19,22,26-27H,11-16,21,23-24H2,1-10H3/b18-17+,22-19+/t26-,27+/m1/s1. The summed E-state index contributed by atoms with van der Waals surface area (Å²) in [5.74, 6) is 3.04. The molecule has 0 aliphatic carbocycles. The lowest BCUT2D eigenvalue weighted by atomic mass is 10.1. The highest BCUT2D eigenvalue weighted by Crippen LogP contribution is 2.31. The molecule has 2 atom stereocenters. The van der Waals surface area contributed by atoms with Gasteiger partial charge >= 0.3 is 5.97 Å². The Kier molecular flexibility index (Phi) is 17.1. The van der Waals surface area contributed by atoms with Crippen molar-refractivity contribution in [1.82, 2.24) is 0 Å². The minimum Gasteiger partial charge on any atom is -0.469 e. The van der Waals surface area contributed by atoms with Gasteiger partial charge < -0.3 is 13.6 Å². The van der Waals surface area contributed by atoms with E-state index in [2.05, 4.69) is 84.8 Å². The van der Waals surface area contributed by atoms with Crippen molar-refractivity contribution >= 4 is 30.7 Å². The molecular weight excluding hydrogens is 485 g/mol. The summed E-state index contributed by atoms with van der Waals surface area (Å²) in [6.07, 6.45) is 9.98. The highest BCUT2D eigenvalue weighted by atomic mass is 28.4. The molecule has 0 heterocycles. The SMILES string of the molecule is CC[Si](CC)(CC)O[C@@H](CCCC(=O)OC)[C@@H](/C=C/C=C/C#C[Si](C)(C)C)O[Si](CC)(CC)CC. The van der Waals surface area contributed by atoms with Crippen molar-refractivity contribution in [2.45, 2.75) is 129 Å². The Morgan fingerprint density at radius 1 is 0.829 bits per heavy atom. The molecule has 0 aliphatic rings. The van der Waals surface area contributed by atoms with Gasteiger partial charge in [0, 0.05) is 6.42 Å². The van der Waals surface area contributed by atoms with Gasteiger partial charge in [-0.1, -0.05) is 85.3 Å². The van der Waals surface area contributed by atoms with Gasteiger partial charge in [0.2, 0.25) is 0 Å². The van der Waals surface area contributed by atoms with Crippen LogP contribution in [0.3, 0.4) is 0 Å². The molecule has 0 aromatic carbocycles. The second-order valence-corrected chi connectivity index (χ2v) is 24.7. The van der Waals surface area contributed by atoms with E-state index in [1.54, 1.807) is 0 Å². The van der Waals surface area contributed by atoms with Crippen LogP contribution in [0.4, 0.5) is 0 Å². The number of esters is 1. The van der Waals surface area contributed by atoms with Crippen LogP contribution >= 0.6 is 0 Å². The van der Waals surface area contributed by atoms with E-state index in [0.717, 1.165) is 49.1 Å². The smallest absolute Gasteiger partial charge is 0.305 e. The lowest BCUT2D eigenvalue weighted by Gasteiger charge is -2.40. The van der Waals surface area contributed by atoms with Crippen LogP contribution in [0.25, 0.3) is 0 Å². The highest BCUT2D eigenvalue weighted by Gasteiger charge is 2.38. The number of methoxy groups -OCH3 is 1. The average Bonchev–Trinajstić information content (AvgIpc) is 2.85. The van der Waals surface area contributed by atoms with Crippen LogP contribution in [-0.2, 0) is 18.4 Å². The molecule has 0 rings (SSSR count). The van der Waals surface area contributed by atoms with Gasteiger partial charge in [-0.3, -0.25) is 4.79 Å². The zero-order chi connectivity index (χ0) is 27.0. The molecular formula is C28H54O4Si3. The van der Waals surface area contributed by atoms with Crippen LogP contribution in [0.2, 0.25) is 55.9 Å². The summed E-state index contributed by atoms with van der Waals surface area (Å²) >= 11 is 0. The van der Waals surface area contributed by atoms with E-state index < -0.39 is 24.7 Å². The van der Waals surface area contributed by atoms with E-state index in [-0.39, 0.29) is 18.2 Å². The van der Waals surface area contributed by atoms with Gasteiger partial charge in [-0.2, -0.15) is 0 Å². The van der Waals surface area contributed by atoms with Crippen molar-refractivity contribution in [3.63, 3.8) is 0 Å². The molecule has 0 fully saturated rings. The van der Waals surface area contributed by atoms with Crippen LogP contribution < -0.4 is 0 Å². The molecule has 0 N–H and O–H groups in total. The third kappa shape index (κ3) is 13.3. The fourth-order valence-corrected chi connectivity index (χ4v) is 10.4. The van der Waals surface area contributed by atoms with Crippen molar-refractivity contribution < 1.29 is 18.4 Å². The van der Waals surface area contributed by atoms with Gasteiger partial charge in [0.1, 0.15) is 8.07 Å².